The maximum Gasteiger partial charge on any atom is 0.337 e. The number of rotatable bonds is 10. The van der Waals surface area contributed by atoms with Crippen molar-refractivity contribution < 1.29 is 32.2 Å². The Labute approximate surface area is 236 Å². The molecule has 40 heavy (non-hydrogen) atoms. The van der Waals surface area contributed by atoms with Gasteiger partial charge >= 0.3 is 5.97 Å². The third-order valence-corrected chi connectivity index (χ3v) is 7.36. The van der Waals surface area contributed by atoms with Gasteiger partial charge in [-0.15, -0.1) is 0 Å². The number of anilines is 5. The lowest BCUT2D eigenvalue weighted by molar-refractivity contribution is 0.0697. The highest BCUT2D eigenvalue weighted by atomic mass is 32.2. The first-order chi connectivity index (χ1) is 19.1. The quantitative estimate of drug-likeness (QED) is 0.228. The number of aromatic carboxylic acids is 1. The van der Waals surface area contributed by atoms with Crippen molar-refractivity contribution in [2.75, 3.05) is 21.0 Å². The highest BCUT2D eigenvalue weighted by Gasteiger charge is 2.21. The zero-order valence-corrected chi connectivity index (χ0v) is 23.3. The number of nitrogens with one attached hydrogen (secondary N) is 1. The molecule has 0 saturated carbocycles. The number of carbonyl (C=O) groups is 1. The van der Waals surface area contributed by atoms with Crippen LogP contribution in [0.5, 0.6) is 11.5 Å². The summed E-state index contributed by atoms with van der Waals surface area (Å²) in [7, 11) is 1.63. The Morgan fingerprint density at radius 3 is 1.65 bits per heavy atom. The molecule has 4 aromatic rings. The van der Waals surface area contributed by atoms with Crippen LogP contribution in [0, 0.1) is 13.8 Å². The Hall–Kier alpha value is -4.23. The van der Waals surface area contributed by atoms with E-state index in [0.29, 0.717) is 22.8 Å². The molecule has 0 saturated heterocycles. The number of carboxylic acids is 1. The third-order valence-electron chi connectivity index (χ3n) is 5.94. The number of benzene rings is 4. The summed E-state index contributed by atoms with van der Waals surface area (Å²) in [4.78, 5) is 12.1. The van der Waals surface area contributed by atoms with Crippen LogP contribution in [0.3, 0.4) is 0 Å². The SMILES string of the molecule is CNc1cc(Oc2ccc(N(c3ccc(C)cc3)S(=O)[O-])c(C(=O)O)c2)ccc1N(c1ccc(C)cc1)S(=O)[O-]. The molecule has 0 aromatic heterocycles. The van der Waals surface area contributed by atoms with Crippen molar-refractivity contribution in [2.24, 2.45) is 0 Å². The summed E-state index contributed by atoms with van der Waals surface area (Å²) in [6.45, 7) is 3.75. The molecule has 2 atom stereocenters. The zero-order chi connectivity index (χ0) is 29.0. The monoisotopic (exact) mass is 579 g/mol. The average Bonchev–Trinajstić information content (AvgIpc) is 2.92. The van der Waals surface area contributed by atoms with Crippen molar-refractivity contribution >= 4 is 56.9 Å². The second kappa shape index (κ2) is 12.3. The Kier molecular flexibility index (Phi) is 8.85. The van der Waals surface area contributed by atoms with Crippen LogP contribution >= 0.6 is 0 Å². The molecule has 0 bridgehead atoms. The molecule has 0 radical (unpaired) electrons. The van der Waals surface area contributed by atoms with Crippen molar-refractivity contribution in [3.8, 4) is 11.5 Å². The number of hydrogen-bond donors (Lipinski definition) is 2. The summed E-state index contributed by atoms with van der Waals surface area (Å²) in [5.41, 5.74) is 3.05. The highest BCUT2D eigenvalue weighted by molar-refractivity contribution is 7.81. The van der Waals surface area contributed by atoms with Gasteiger partial charge in [0.15, 0.2) is 0 Å². The van der Waals surface area contributed by atoms with Gasteiger partial charge in [-0.05, 0) is 68.4 Å². The first-order valence-corrected chi connectivity index (χ1v) is 13.9. The molecule has 0 fully saturated rings. The molecule has 0 aliphatic rings. The van der Waals surface area contributed by atoms with Gasteiger partial charge < -0.3 is 24.3 Å². The fourth-order valence-corrected chi connectivity index (χ4v) is 5.22. The highest BCUT2D eigenvalue weighted by Crippen LogP contribution is 2.38. The summed E-state index contributed by atoms with van der Waals surface area (Å²) >= 11 is -5.42. The Morgan fingerprint density at radius 2 is 1.20 bits per heavy atom. The first-order valence-electron chi connectivity index (χ1n) is 11.9. The lowest BCUT2D eigenvalue weighted by Crippen LogP contribution is -2.22. The van der Waals surface area contributed by atoms with Crippen molar-refractivity contribution in [1.82, 2.24) is 0 Å². The number of hydrogen-bond acceptors (Lipinski definition) is 7. The van der Waals surface area contributed by atoms with E-state index in [2.05, 4.69) is 5.32 Å². The normalized spacial score (nSPS) is 12.3. The Bertz CT molecular complexity index is 1580. The fourth-order valence-electron chi connectivity index (χ4n) is 3.99. The summed E-state index contributed by atoms with van der Waals surface area (Å²) in [5, 5.41) is 12.8. The van der Waals surface area contributed by atoms with E-state index in [4.69, 9.17) is 4.74 Å². The Balaban J connectivity index is 1.68. The first kappa shape index (κ1) is 28.8. The van der Waals surface area contributed by atoms with Crippen molar-refractivity contribution in [2.45, 2.75) is 13.8 Å². The minimum Gasteiger partial charge on any atom is -0.755 e. The molecular weight excluding hydrogens is 554 g/mol. The molecule has 0 heterocycles. The van der Waals surface area contributed by atoms with E-state index in [0.717, 1.165) is 19.7 Å². The molecule has 0 aliphatic heterocycles. The van der Waals surface area contributed by atoms with Gasteiger partial charge in [-0.1, -0.05) is 35.4 Å². The van der Waals surface area contributed by atoms with Crippen LogP contribution in [-0.2, 0) is 22.5 Å². The van der Waals surface area contributed by atoms with Crippen LogP contribution in [0.1, 0.15) is 21.5 Å². The van der Waals surface area contributed by atoms with E-state index in [1.54, 1.807) is 73.8 Å². The summed E-state index contributed by atoms with van der Waals surface area (Å²) < 4.78 is 56.4. The standard InChI is InChI=1S/C28H27N3O7S2/c1-18-4-8-20(9-5-18)30(39(34)35)26-14-12-22(16-24(26)28(32)33)38-23-13-15-27(25(17-23)29-3)31(40(36)37)21-10-6-19(2)7-11-21/h4-17,29H,1-3H3,(H,32,33)(H,34,35)(H,36,37)/p-2. The van der Waals surface area contributed by atoms with Crippen LogP contribution in [0.4, 0.5) is 28.4 Å². The van der Waals surface area contributed by atoms with Gasteiger partial charge in [-0.25, -0.2) is 4.79 Å². The topological polar surface area (TPSA) is 145 Å². The number of ether oxygens (including phenoxy) is 1. The van der Waals surface area contributed by atoms with Crippen LogP contribution in [0.15, 0.2) is 84.9 Å². The maximum absolute atomic E-state index is 12.1. The minimum atomic E-state index is -2.80. The van der Waals surface area contributed by atoms with Gasteiger partial charge in [0.2, 0.25) is 0 Å². The lowest BCUT2D eigenvalue weighted by atomic mass is 10.1. The van der Waals surface area contributed by atoms with E-state index < -0.39 is 28.5 Å². The summed E-state index contributed by atoms with van der Waals surface area (Å²) in [5.74, 6) is -0.916. The van der Waals surface area contributed by atoms with Crippen LogP contribution in [0.2, 0.25) is 0 Å². The molecule has 0 amide bonds. The van der Waals surface area contributed by atoms with E-state index in [1.807, 2.05) is 13.8 Å². The zero-order valence-electron chi connectivity index (χ0n) is 21.7. The van der Waals surface area contributed by atoms with Gasteiger partial charge in [0.05, 0.1) is 56.5 Å². The molecule has 4 aromatic carbocycles. The van der Waals surface area contributed by atoms with Crippen molar-refractivity contribution in [3.05, 3.63) is 102 Å². The van der Waals surface area contributed by atoms with E-state index in [9.17, 15) is 27.4 Å². The maximum atomic E-state index is 12.1. The largest absolute Gasteiger partial charge is 0.755 e. The molecule has 0 aliphatic carbocycles. The minimum absolute atomic E-state index is 0.0602. The number of carboxylic acid groups (broad SMARTS) is 1. The number of nitrogens with zero attached hydrogens (tertiary/aromatic N) is 2. The van der Waals surface area contributed by atoms with Crippen LogP contribution < -0.4 is 18.7 Å². The van der Waals surface area contributed by atoms with Crippen LogP contribution in [-0.4, -0.2) is 35.6 Å². The average molecular weight is 580 g/mol. The Morgan fingerprint density at radius 1 is 0.750 bits per heavy atom. The molecule has 4 rings (SSSR count). The van der Waals surface area contributed by atoms with Crippen LogP contribution in [0.25, 0.3) is 0 Å². The van der Waals surface area contributed by atoms with Crippen molar-refractivity contribution in [3.63, 3.8) is 0 Å². The van der Waals surface area contributed by atoms with Gasteiger partial charge in [0.1, 0.15) is 11.5 Å². The van der Waals surface area contributed by atoms with E-state index in [-0.39, 0.29) is 22.7 Å². The molecule has 2 N–H and O–H groups in total. The molecule has 0 spiro atoms. The third kappa shape index (κ3) is 6.32. The fraction of sp³-hybridized carbons (Fsp3) is 0.107. The predicted molar refractivity (Wildman–Crippen MR) is 154 cm³/mol. The number of aryl methyl sites for hydroxylation is 2. The molecule has 10 nitrogen and oxygen atoms in total. The predicted octanol–water partition coefficient (Wildman–Crippen LogP) is 5.70. The summed E-state index contributed by atoms with van der Waals surface area (Å²) in [6.07, 6.45) is 0. The smallest absolute Gasteiger partial charge is 0.337 e. The second-order valence-electron chi connectivity index (χ2n) is 8.71. The second-order valence-corrected chi connectivity index (χ2v) is 10.3. The van der Waals surface area contributed by atoms with Gasteiger partial charge in [0, 0.05) is 13.1 Å². The van der Waals surface area contributed by atoms with Gasteiger partial charge in [-0.2, -0.15) is 0 Å². The van der Waals surface area contributed by atoms with Gasteiger partial charge in [0.25, 0.3) is 0 Å². The van der Waals surface area contributed by atoms with E-state index in [1.165, 1.54) is 18.2 Å². The lowest BCUT2D eigenvalue weighted by Gasteiger charge is -2.29. The molecule has 2 unspecified atom stereocenters. The molecular formula is C28H25N3O7S2-2. The van der Waals surface area contributed by atoms with Crippen molar-refractivity contribution in [1.29, 1.82) is 0 Å². The van der Waals surface area contributed by atoms with Gasteiger partial charge in [-0.3, -0.25) is 17.0 Å². The summed E-state index contributed by atoms with van der Waals surface area (Å²) in [6, 6.07) is 22.3. The van der Waals surface area contributed by atoms with E-state index >= 15 is 0 Å². The molecule has 208 valence electrons. The molecule has 12 heteroatoms.